The Hall–Kier alpha value is -2.84. The second-order valence-electron chi connectivity index (χ2n) is 6.76. The minimum Gasteiger partial charge on any atom is -0.354 e. The van der Waals surface area contributed by atoms with Crippen molar-refractivity contribution < 1.29 is 4.39 Å². The Morgan fingerprint density at radius 1 is 0.920 bits per heavy atom. The molecule has 0 bridgehead atoms. The molecule has 0 saturated carbocycles. The van der Waals surface area contributed by atoms with Crippen molar-refractivity contribution >= 4 is 22.9 Å². The molecule has 2 atom stereocenters. The molecule has 2 unspecified atom stereocenters. The Morgan fingerprint density at radius 2 is 1.60 bits per heavy atom. The third kappa shape index (κ3) is 2.30. The lowest BCUT2D eigenvalue weighted by atomic mass is 10.0. The number of rotatable bonds is 2. The number of hydrogen-bond acceptors (Lipinski definition) is 7. The Labute approximate surface area is 143 Å². The van der Waals surface area contributed by atoms with E-state index in [0.717, 1.165) is 43.2 Å². The fourth-order valence-corrected chi connectivity index (χ4v) is 3.96. The van der Waals surface area contributed by atoms with Crippen molar-refractivity contribution in [3.05, 3.63) is 30.9 Å². The van der Waals surface area contributed by atoms with Crippen LogP contribution in [0.3, 0.4) is 0 Å². The number of fused-ring (bicyclic) bond motifs is 2. The van der Waals surface area contributed by atoms with Gasteiger partial charge in [-0.25, -0.2) is 29.3 Å². The van der Waals surface area contributed by atoms with E-state index in [1.165, 1.54) is 12.4 Å². The van der Waals surface area contributed by atoms with E-state index in [1.807, 2.05) is 11.6 Å². The first-order valence-corrected chi connectivity index (χ1v) is 8.28. The molecule has 3 aromatic heterocycles. The molecular formula is C16H17FN8. The molecule has 5 heterocycles. The Morgan fingerprint density at radius 3 is 2.32 bits per heavy atom. The summed E-state index contributed by atoms with van der Waals surface area (Å²) in [6.07, 6.45) is 5.82. The lowest BCUT2D eigenvalue weighted by molar-refractivity contribution is 0.533. The summed E-state index contributed by atoms with van der Waals surface area (Å²) in [6, 6.07) is 0. The minimum absolute atomic E-state index is 0.405. The van der Waals surface area contributed by atoms with E-state index in [1.54, 1.807) is 12.7 Å². The number of imidazole rings is 1. The van der Waals surface area contributed by atoms with E-state index >= 15 is 0 Å². The number of aryl methyl sites for hydroxylation is 1. The van der Waals surface area contributed by atoms with Crippen LogP contribution in [-0.4, -0.2) is 55.7 Å². The van der Waals surface area contributed by atoms with Crippen molar-refractivity contribution in [2.75, 3.05) is 36.0 Å². The van der Waals surface area contributed by atoms with E-state index in [0.29, 0.717) is 17.8 Å². The van der Waals surface area contributed by atoms with Crippen molar-refractivity contribution in [2.24, 2.45) is 18.9 Å². The summed E-state index contributed by atoms with van der Waals surface area (Å²) in [7, 11) is 1.94. The number of aromatic nitrogens is 6. The molecule has 2 aliphatic rings. The average molecular weight is 340 g/mol. The number of hydrogen-bond donors (Lipinski definition) is 0. The van der Waals surface area contributed by atoms with Crippen molar-refractivity contribution in [1.82, 2.24) is 29.5 Å². The molecule has 2 fully saturated rings. The lowest BCUT2D eigenvalue weighted by Gasteiger charge is -2.22. The molecular weight excluding hydrogens is 323 g/mol. The maximum Gasteiger partial charge on any atom is 0.225 e. The molecule has 5 rings (SSSR count). The normalized spacial score (nSPS) is 22.8. The topological polar surface area (TPSA) is 75.9 Å². The first kappa shape index (κ1) is 14.5. The predicted octanol–water partition coefficient (Wildman–Crippen LogP) is 0.865. The number of halogens is 1. The van der Waals surface area contributed by atoms with E-state index in [2.05, 4.69) is 34.7 Å². The van der Waals surface area contributed by atoms with Crippen LogP contribution in [0.2, 0.25) is 0 Å². The summed E-state index contributed by atoms with van der Waals surface area (Å²) in [5, 5.41) is 0. The summed E-state index contributed by atoms with van der Waals surface area (Å²) in [5.41, 5.74) is 1.70. The van der Waals surface area contributed by atoms with Gasteiger partial charge < -0.3 is 14.4 Å². The largest absolute Gasteiger partial charge is 0.354 e. The van der Waals surface area contributed by atoms with Crippen molar-refractivity contribution in [1.29, 1.82) is 0 Å². The standard InChI is InChI=1S/C16H17FN8/c1-23-9-22-13-14(23)20-8-21-15(13)24-4-10-6-25(7-11(10)5-24)16-18-2-12(17)3-19-16/h2-3,8-11H,4-7H2,1H3. The van der Waals surface area contributed by atoms with Gasteiger partial charge >= 0.3 is 0 Å². The third-order valence-corrected chi connectivity index (χ3v) is 5.15. The number of anilines is 2. The van der Waals surface area contributed by atoms with E-state index in [9.17, 15) is 4.39 Å². The quantitative estimate of drug-likeness (QED) is 0.685. The molecule has 2 saturated heterocycles. The smallest absolute Gasteiger partial charge is 0.225 e. The molecule has 0 aromatic carbocycles. The monoisotopic (exact) mass is 340 g/mol. The van der Waals surface area contributed by atoms with Gasteiger partial charge in [-0.05, 0) is 0 Å². The van der Waals surface area contributed by atoms with Gasteiger partial charge in [0, 0.05) is 45.1 Å². The molecule has 25 heavy (non-hydrogen) atoms. The van der Waals surface area contributed by atoms with Crippen LogP contribution < -0.4 is 9.80 Å². The van der Waals surface area contributed by atoms with Crippen LogP contribution in [0.5, 0.6) is 0 Å². The summed E-state index contributed by atoms with van der Waals surface area (Å²) in [5.74, 6) is 2.14. The van der Waals surface area contributed by atoms with Gasteiger partial charge in [0.1, 0.15) is 6.33 Å². The first-order valence-electron chi connectivity index (χ1n) is 8.28. The number of nitrogens with zero attached hydrogens (tertiary/aromatic N) is 8. The second kappa shape index (κ2) is 5.33. The SMILES string of the molecule is Cn1cnc2c(N3CC4CN(c5ncc(F)cn5)CC4C3)ncnc21. The van der Waals surface area contributed by atoms with Gasteiger partial charge in [-0.2, -0.15) is 0 Å². The van der Waals surface area contributed by atoms with Crippen LogP contribution in [0.1, 0.15) is 0 Å². The third-order valence-electron chi connectivity index (χ3n) is 5.15. The molecule has 2 aliphatic heterocycles. The summed E-state index contributed by atoms with van der Waals surface area (Å²) < 4.78 is 14.9. The minimum atomic E-state index is -0.405. The van der Waals surface area contributed by atoms with Gasteiger partial charge in [-0.15, -0.1) is 0 Å². The molecule has 3 aromatic rings. The summed E-state index contributed by atoms with van der Waals surface area (Å²) in [4.78, 5) is 25.9. The van der Waals surface area contributed by atoms with Crippen LogP contribution in [0, 0.1) is 17.7 Å². The fourth-order valence-electron chi connectivity index (χ4n) is 3.96. The van der Waals surface area contributed by atoms with Gasteiger partial charge in [0.05, 0.1) is 18.7 Å². The van der Waals surface area contributed by atoms with Crippen LogP contribution in [-0.2, 0) is 7.05 Å². The Bertz CT molecular complexity index is 910. The van der Waals surface area contributed by atoms with Crippen molar-refractivity contribution in [3.8, 4) is 0 Å². The zero-order valence-corrected chi connectivity index (χ0v) is 13.7. The fraction of sp³-hybridized carbons (Fsp3) is 0.438. The Kier molecular flexibility index (Phi) is 3.09. The van der Waals surface area contributed by atoms with Crippen LogP contribution in [0.4, 0.5) is 16.2 Å². The van der Waals surface area contributed by atoms with E-state index in [4.69, 9.17) is 0 Å². The highest BCUT2D eigenvalue weighted by molar-refractivity contribution is 5.83. The molecule has 0 amide bonds. The van der Waals surface area contributed by atoms with Crippen molar-refractivity contribution in [3.63, 3.8) is 0 Å². The zero-order chi connectivity index (χ0) is 17.0. The van der Waals surface area contributed by atoms with Gasteiger partial charge in [0.15, 0.2) is 22.8 Å². The highest BCUT2D eigenvalue weighted by Gasteiger charge is 2.41. The molecule has 0 spiro atoms. The van der Waals surface area contributed by atoms with Crippen LogP contribution in [0.15, 0.2) is 25.0 Å². The maximum absolute atomic E-state index is 13.0. The molecule has 128 valence electrons. The molecule has 9 heteroatoms. The highest BCUT2D eigenvalue weighted by atomic mass is 19.1. The lowest BCUT2D eigenvalue weighted by Crippen LogP contribution is -2.30. The summed E-state index contributed by atoms with van der Waals surface area (Å²) in [6.45, 7) is 3.60. The average Bonchev–Trinajstić information content (AvgIpc) is 3.29. The highest BCUT2D eigenvalue weighted by Crippen LogP contribution is 2.35. The van der Waals surface area contributed by atoms with Gasteiger partial charge in [0.25, 0.3) is 0 Å². The second-order valence-corrected chi connectivity index (χ2v) is 6.76. The predicted molar refractivity (Wildman–Crippen MR) is 89.7 cm³/mol. The van der Waals surface area contributed by atoms with Crippen LogP contribution >= 0.6 is 0 Å². The van der Waals surface area contributed by atoms with E-state index < -0.39 is 5.82 Å². The van der Waals surface area contributed by atoms with E-state index in [-0.39, 0.29) is 0 Å². The van der Waals surface area contributed by atoms with Gasteiger partial charge in [-0.3, -0.25) is 0 Å². The van der Waals surface area contributed by atoms with Gasteiger partial charge in [-0.1, -0.05) is 0 Å². The molecule has 0 radical (unpaired) electrons. The maximum atomic E-state index is 13.0. The van der Waals surface area contributed by atoms with Crippen LogP contribution in [0.25, 0.3) is 11.2 Å². The van der Waals surface area contributed by atoms with Crippen molar-refractivity contribution in [2.45, 2.75) is 0 Å². The molecule has 0 N–H and O–H groups in total. The molecule has 0 aliphatic carbocycles. The molecule has 8 nitrogen and oxygen atoms in total. The first-order chi connectivity index (χ1) is 12.2. The van der Waals surface area contributed by atoms with Gasteiger partial charge in [0.2, 0.25) is 5.95 Å². The summed E-state index contributed by atoms with van der Waals surface area (Å²) >= 11 is 0. The zero-order valence-electron chi connectivity index (χ0n) is 13.7. The Balaban J connectivity index is 1.36.